The van der Waals surface area contributed by atoms with Gasteiger partial charge in [-0.15, -0.1) is 0 Å². The van der Waals surface area contributed by atoms with Crippen LogP contribution in [0.5, 0.6) is 5.75 Å². The predicted molar refractivity (Wildman–Crippen MR) is 111 cm³/mol. The van der Waals surface area contributed by atoms with Gasteiger partial charge in [0.05, 0.1) is 18.2 Å². The summed E-state index contributed by atoms with van der Waals surface area (Å²) < 4.78 is 49.1. The molecule has 0 saturated heterocycles. The van der Waals surface area contributed by atoms with E-state index < -0.39 is 40.3 Å². The molecule has 0 saturated carbocycles. The Kier molecular flexibility index (Phi) is 6.14. The van der Waals surface area contributed by atoms with Crippen molar-refractivity contribution in [2.75, 3.05) is 13.7 Å². The molecule has 6 nitrogen and oxygen atoms in total. The number of nitrogens with zero attached hydrogens (tertiary/aromatic N) is 1. The number of methoxy groups -OCH3 is 1. The van der Waals surface area contributed by atoms with Crippen molar-refractivity contribution in [1.82, 2.24) is 10.2 Å². The van der Waals surface area contributed by atoms with Crippen molar-refractivity contribution in [2.24, 2.45) is 5.41 Å². The lowest BCUT2D eigenvalue weighted by molar-refractivity contribution is -0.190. The van der Waals surface area contributed by atoms with Crippen molar-refractivity contribution in [1.29, 1.82) is 0 Å². The highest BCUT2D eigenvalue weighted by Crippen LogP contribution is 2.51. The van der Waals surface area contributed by atoms with Gasteiger partial charge in [0.25, 0.3) is 11.8 Å². The third-order valence-electron chi connectivity index (χ3n) is 5.93. The zero-order valence-electron chi connectivity index (χ0n) is 18.6. The lowest BCUT2D eigenvalue weighted by Crippen LogP contribution is -2.66. The summed E-state index contributed by atoms with van der Waals surface area (Å²) in [5, 5.41) is 1.92. The highest BCUT2D eigenvalue weighted by Gasteiger charge is 2.71. The summed E-state index contributed by atoms with van der Waals surface area (Å²) in [7, 11) is 1.28. The Balaban J connectivity index is 2.19. The number of alkyl halides is 3. The summed E-state index contributed by atoms with van der Waals surface area (Å²) in [5.41, 5.74) is -4.79. The molecule has 0 bridgehead atoms. The van der Waals surface area contributed by atoms with E-state index in [4.69, 9.17) is 4.74 Å². The molecule has 0 spiro atoms. The van der Waals surface area contributed by atoms with E-state index in [1.165, 1.54) is 25.3 Å². The molecule has 3 rings (SSSR count). The van der Waals surface area contributed by atoms with Crippen LogP contribution in [0.15, 0.2) is 35.5 Å². The van der Waals surface area contributed by atoms with Crippen molar-refractivity contribution in [2.45, 2.75) is 58.2 Å². The Morgan fingerprint density at radius 3 is 2.44 bits per heavy atom. The molecule has 9 heteroatoms. The first-order valence-corrected chi connectivity index (χ1v) is 10.5. The van der Waals surface area contributed by atoms with Crippen molar-refractivity contribution in [3.63, 3.8) is 0 Å². The lowest BCUT2D eigenvalue weighted by Gasteiger charge is -2.35. The maximum Gasteiger partial charge on any atom is 0.425 e. The molecule has 1 aliphatic heterocycles. The van der Waals surface area contributed by atoms with Gasteiger partial charge in [0.1, 0.15) is 5.75 Å². The molecule has 1 atom stereocenters. The van der Waals surface area contributed by atoms with E-state index in [1.54, 1.807) is 19.9 Å². The molecule has 32 heavy (non-hydrogen) atoms. The fourth-order valence-corrected chi connectivity index (χ4v) is 4.45. The van der Waals surface area contributed by atoms with E-state index in [9.17, 15) is 27.6 Å². The van der Waals surface area contributed by atoms with Crippen molar-refractivity contribution < 1.29 is 32.3 Å². The number of ketones is 1. The number of para-hydroxylation sites is 1. The van der Waals surface area contributed by atoms with Crippen LogP contribution in [-0.2, 0) is 9.59 Å². The lowest BCUT2D eigenvalue weighted by atomic mass is 9.72. The summed E-state index contributed by atoms with van der Waals surface area (Å²) in [6, 6.07) is 5.77. The first-order chi connectivity index (χ1) is 14.9. The third-order valence-corrected chi connectivity index (χ3v) is 5.93. The minimum Gasteiger partial charge on any atom is -0.496 e. The highest BCUT2D eigenvalue weighted by atomic mass is 19.4. The van der Waals surface area contributed by atoms with Crippen LogP contribution >= 0.6 is 0 Å². The standard InChI is InChI=1S/C23H27F3N2O4/c1-5-6-11-28-15-12-21(2,3)13-16(29)18(15)22(20(28)31,23(24,25)26)27-19(30)14-9-7-8-10-17(14)32-4/h7-10H,5-6,11-13H2,1-4H3,(H,27,30)/t22-/m1/s1. The van der Waals surface area contributed by atoms with E-state index in [1.807, 2.05) is 12.2 Å². The van der Waals surface area contributed by atoms with Gasteiger partial charge in [-0.05, 0) is 30.4 Å². The number of benzene rings is 1. The maximum atomic E-state index is 14.7. The van der Waals surface area contributed by atoms with Gasteiger partial charge in [-0.25, -0.2) is 0 Å². The maximum absolute atomic E-state index is 14.7. The normalized spacial score (nSPS) is 22.8. The van der Waals surface area contributed by atoms with Gasteiger partial charge in [-0.1, -0.05) is 39.3 Å². The number of hydrogen-bond acceptors (Lipinski definition) is 4. The molecular weight excluding hydrogens is 425 g/mol. The molecule has 1 aromatic carbocycles. The largest absolute Gasteiger partial charge is 0.496 e. The second kappa shape index (κ2) is 8.26. The van der Waals surface area contributed by atoms with Gasteiger partial charge < -0.3 is 15.0 Å². The molecule has 1 N–H and O–H groups in total. The second-order valence-corrected chi connectivity index (χ2v) is 8.98. The monoisotopic (exact) mass is 452 g/mol. The zero-order valence-corrected chi connectivity index (χ0v) is 18.6. The van der Waals surface area contributed by atoms with Gasteiger partial charge in [-0.3, -0.25) is 14.4 Å². The summed E-state index contributed by atoms with van der Waals surface area (Å²) in [5.74, 6) is -3.20. The number of hydrogen-bond donors (Lipinski definition) is 1. The molecule has 1 aliphatic carbocycles. The summed E-state index contributed by atoms with van der Waals surface area (Å²) >= 11 is 0. The molecule has 1 aromatic rings. The van der Waals surface area contributed by atoms with Gasteiger partial charge in [0.2, 0.25) is 5.54 Å². The summed E-state index contributed by atoms with van der Waals surface area (Å²) in [6.07, 6.45) is -4.13. The molecule has 0 fully saturated rings. The SMILES string of the molecule is CCCCN1C(=O)[C@@](NC(=O)c2ccccc2OC)(C(F)(F)F)C2=C1CC(C)(C)CC2=O. The zero-order chi connectivity index (χ0) is 23.9. The first kappa shape index (κ1) is 23.8. The van der Waals surface area contributed by atoms with E-state index in [0.717, 1.165) is 4.90 Å². The van der Waals surface area contributed by atoms with Crippen LogP contribution in [0, 0.1) is 5.41 Å². The number of carbonyl (C=O) groups is 3. The van der Waals surface area contributed by atoms with Crippen LogP contribution in [0.3, 0.4) is 0 Å². The van der Waals surface area contributed by atoms with Crippen LogP contribution in [0.2, 0.25) is 0 Å². The second-order valence-electron chi connectivity index (χ2n) is 8.98. The smallest absolute Gasteiger partial charge is 0.425 e. The van der Waals surface area contributed by atoms with Crippen LogP contribution in [0.1, 0.15) is 56.8 Å². The number of Topliss-reactive ketones (excluding diaryl/α,β-unsaturated/α-hetero) is 1. The van der Waals surface area contributed by atoms with Crippen LogP contribution in [-0.4, -0.2) is 47.9 Å². The Morgan fingerprint density at radius 2 is 1.84 bits per heavy atom. The Hall–Kier alpha value is -2.84. The number of allylic oxidation sites excluding steroid dienone is 1. The molecule has 0 radical (unpaired) electrons. The predicted octanol–water partition coefficient (Wildman–Crippen LogP) is 4.01. The number of rotatable bonds is 6. The molecule has 0 aromatic heterocycles. The topological polar surface area (TPSA) is 75.7 Å². The van der Waals surface area contributed by atoms with E-state index in [-0.39, 0.29) is 36.4 Å². The number of nitrogens with one attached hydrogen (secondary N) is 1. The Labute approximate surface area is 184 Å². The fraction of sp³-hybridized carbons (Fsp3) is 0.522. The van der Waals surface area contributed by atoms with Crippen molar-refractivity contribution in [3.8, 4) is 5.75 Å². The highest BCUT2D eigenvalue weighted by molar-refractivity contribution is 6.14. The fourth-order valence-electron chi connectivity index (χ4n) is 4.45. The number of halogens is 3. The Bertz CT molecular complexity index is 984. The summed E-state index contributed by atoms with van der Waals surface area (Å²) in [6.45, 7) is 5.45. The molecule has 0 unspecified atom stereocenters. The summed E-state index contributed by atoms with van der Waals surface area (Å²) in [4.78, 5) is 40.5. The quantitative estimate of drug-likeness (QED) is 0.708. The number of ether oxygens (including phenoxy) is 1. The van der Waals surface area contributed by atoms with E-state index >= 15 is 0 Å². The number of unbranched alkanes of at least 4 members (excludes halogenated alkanes) is 1. The first-order valence-electron chi connectivity index (χ1n) is 10.5. The molecule has 2 aliphatic rings. The van der Waals surface area contributed by atoms with Crippen LogP contribution in [0.4, 0.5) is 13.2 Å². The van der Waals surface area contributed by atoms with Crippen LogP contribution in [0.25, 0.3) is 0 Å². The molecule has 174 valence electrons. The Morgan fingerprint density at radius 1 is 1.19 bits per heavy atom. The van der Waals surface area contributed by atoms with Gasteiger partial charge in [-0.2, -0.15) is 13.2 Å². The molecular formula is C23H27F3N2O4. The van der Waals surface area contributed by atoms with Gasteiger partial charge >= 0.3 is 6.18 Å². The minimum absolute atomic E-state index is 0.0416. The van der Waals surface area contributed by atoms with Gasteiger partial charge in [0, 0.05) is 18.7 Å². The number of carbonyl (C=O) groups excluding carboxylic acids is 3. The number of amides is 2. The van der Waals surface area contributed by atoms with Crippen molar-refractivity contribution >= 4 is 17.6 Å². The van der Waals surface area contributed by atoms with Crippen LogP contribution < -0.4 is 10.1 Å². The molecule has 2 amide bonds. The average Bonchev–Trinajstić information content (AvgIpc) is 2.93. The average molecular weight is 452 g/mol. The molecule has 1 heterocycles. The minimum atomic E-state index is -5.22. The van der Waals surface area contributed by atoms with E-state index in [2.05, 4.69) is 0 Å². The van der Waals surface area contributed by atoms with Gasteiger partial charge in [0.15, 0.2) is 5.78 Å². The van der Waals surface area contributed by atoms with E-state index in [0.29, 0.717) is 12.8 Å². The third kappa shape index (κ3) is 3.78. The van der Waals surface area contributed by atoms with Crippen molar-refractivity contribution in [3.05, 3.63) is 41.1 Å².